The Labute approximate surface area is 134 Å². The predicted molar refractivity (Wildman–Crippen MR) is 79.8 cm³/mol. The van der Waals surface area contributed by atoms with E-state index < -0.39 is 17.9 Å². The summed E-state index contributed by atoms with van der Waals surface area (Å²) in [5.41, 5.74) is 4.45. The van der Waals surface area contributed by atoms with Crippen molar-refractivity contribution in [3.8, 4) is 0 Å². The third-order valence-electron chi connectivity index (χ3n) is 3.67. The highest BCUT2D eigenvalue weighted by Gasteiger charge is 2.27. The quantitative estimate of drug-likeness (QED) is 0.258. The number of imide groups is 1. The Morgan fingerprint density at radius 3 is 2.70 bits per heavy atom. The van der Waals surface area contributed by atoms with Crippen molar-refractivity contribution in [1.29, 1.82) is 0 Å². The van der Waals surface area contributed by atoms with Crippen LogP contribution in [0.3, 0.4) is 0 Å². The molecule has 0 unspecified atom stereocenters. The second kappa shape index (κ2) is 9.78. The molecule has 0 radical (unpaired) electrons. The van der Waals surface area contributed by atoms with Crippen molar-refractivity contribution >= 4 is 24.3 Å². The van der Waals surface area contributed by atoms with Crippen LogP contribution in [0.5, 0.6) is 0 Å². The van der Waals surface area contributed by atoms with E-state index in [1.165, 1.54) is 0 Å². The summed E-state index contributed by atoms with van der Waals surface area (Å²) < 4.78 is 0. The van der Waals surface area contributed by atoms with Gasteiger partial charge in [0, 0.05) is 13.0 Å². The van der Waals surface area contributed by atoms with Crippen molar-refractivity contribution in [3.63, 3.8) is 0 Å². The molecule has 130 valence electrons. The average Bonchev–Trinajstić information content (AvgIpc) is 2.97. The van der Waals surface area contributed by atoms with Gasteiger partial charge in [0.25, 0.3) is 0 Å². The molecule has 0 saturated carbocycles. The maximum absolute atomic E-state index is 12.1. The van der Waals surface area contributed by atoms with Gasteiger partial charge in [0.1, 0.15) is 0 Å². The molecule has 23 heavy (non-hydrogen) atoms. The van der Waals surface area contributed by atoms with E-state index in [1.54, 1.807) is 0 Å². The number of amides is 5. The lowest BCUT2D eigenvalue weighted by atomic mass is 10.0. The average molecular weight is 328 g/mol. The number of unbranched alkanes of at least 4 members (excludes halogenated alkanes) is 2. The lowest BCUT2D eigenvalue weighted by Gasteiger charge is -2.21. The van der Waals surface area contributed by atoms with E-state index >= 15 is 0 Å². The maximum atomic E-state index is 12.1. The van der Waals surface area contributed by atoms with E-state index in [-0.39, 0.29) is 18.9 Å². The van der Waals surface area contributed by atoms with Gasteiger partial charge in [0.05, 0.1) is 12.5 Å². The fourth-order valence-electron chi connectivity index (χ4n) is 2.36. The Balaban J connectivity index is 2.49. The highest BCUT2D eigenvalue weighted by atomic mass is 16.5. The second-order valence-electron chi connectivity index (χ2n) is 5.49. The molecule has 3 N–H and O–H groups in total. The molecule has 0 aliphatic carbocycles. The van der Waals surface area contributed by atoms with Crippen LogP contribution in [0.25, 0.3) is 0 Å². The van der Waals surface area contributed by atoms with Crippen LogP contribution in [-0.2, 0) is 14.4 Å². The Bertz CT molecular complexity index is 443. The Kier molecular flexibility index (Phi) is 8.03. The monoisotopic (exact) mass is 328 g/mol. The molecule has 5 amide bonds. The number of hydroxylamine groups is 2. The number of urea groups is 1. The molecule has 9 heteroatoms. The molecule has 1 fully saturated rings. The fourth-order valence-corrected chi connectivity index (χ4v) is 2.36. The lowest BCUT2D eigenvalue weighted by Crippen LogP contribution is -2.51. The van der Waals surface area contributed by atoms with Crippen molar-refractivity contribution < 1.29 is 24.4 Å². The van der Waals surface area contributed by atoms with Crippen molar-refractivity contribution in [2.75, 3.05) is 13.1 Å². The lowest BCUT2D eigenvalue weighted by molar-refractivity contribution is -0.154. The van der Waals surface area contributed by atoms with Gasteiger partial charge in [-0.2, -0.15) is 0 Å². The molecule has 0 bridgehead atoms. The number of likely N-dealkylation sites (tertiary alicyclic amines) is 1. The molecule has 1 aliphatic heterocycles. The summed E-state index contributed by atoms with van der Waals surface area (Å²) in [5.74, 6) is -1.44. The molecular formula is C14H24N4O5. The predicted octanol–water partition coefficient (Wildman–Crippen LogP) is 0.394. The van der Waals surface area contributed by atoms with Crippen LogP contribution in [0, 0.1) is 5.92 Å². The Morgan fingerprint density at radius 2 is 2.13 bits per heavy atom. The van der Waals surface area contributed by atoms with Gasteiger partial charge in [-0.1, -0.05) is 26.2 Å². The van der Waals surface area contributed by atoms with Gasteiger partial charge in [-0.15, -0.1) is 0 Å². The number of hydrazine groups is 1. The first-order valence-electron chi connectivity index (χ1n) is 7.80. The number of hydrogen-bond donors (Lipinski definition) is 3. The summed E-state index contributed by atoms with van der Waals surface area (Å²) in [5, 5.41) is 9.67. The molecule has 1 rings (SSSR count). The van der Waals surface area contributed by atoms with Gasteiger partial charge in [-0.3, -0.25) is 29.9 Å². The zero-order chi connectivity index (χ0) is 17.2. The second-order valence-corrected chi connectivity index (χ2v) is 5.49. The largest absolute Gasteiger partial charge is 0.342 e. The van der Waals surface area contributed by atoms with E-state index in [4.69, 9.17) is 0 Å². The molecule has 0 aromatic carbocycles. The summed E-state index contributed by atoms with van der Waals surface area (Å²) in [6.07, 6.45) is 4.28. The number of hydrogen-bond acceptors (Lipinski definition) is 5. The minimum absolute atomic E-state index is 0.155. The van der Waals surface area contributed by atoms with Gasteiger partial charge >= 0.3 is 6.03 Å². The zero-order valence-corrected chi connectivity index (χ0v) is 13.3. The summed E-state index contributed by atoms with van der Waals surface area (Å²) >= 11 is 0. The number of nitrogens with zero attached hydrogens (tertiary/aromatic N) is 2. The van der Waals surface area contributed by atoms with E-state index in [0.29, 0.717) is 30.9 Å². The molecule has 1 atom stereocenters. The SMILES string of the molecule is CCCCC[C@H](CN(O)C=O)C(=O)NNC(=O)N1CCCC1=O. The highest BCUT2D eigenvalue weighted by molar-refractivity contribution is 5.96. The van der Waals surface area contributed by atoms with Gasteiger partial charge in [-0.05, 0) is 12.8 Å². The van der Waals surface area contributed by atoms with Crippen molar-refractivity contribution in [2.24, 2.45) is 5.92 Å². The maximum Gasteiger partial charge on any atom is 0.342 e. The molecule has 9 nitrogen and oxygen atoms in total. The first-order chi connectivity index (χ1) is 11.0. The van der Waals surface area contributed by atoms with Crippen LogP contribution in [0.2, 0.25) is 0 Å². The van der Waals surface area contributed by atoms with Crippen LogP contribution in [0.4, 0.5) is 4.79 Å². The zero-order valence-electron chi connectivity index (χ0n) is 13.3. The van der Waals surface area contributed by atoms with Crippen LogP contribution in [-0.4, -0.2) is 52.5 Å². The molecule has 0 spiro atoms. The minimum atomic E-state index is -0.676. The molecule has 0 aromatic heterocycles. The van der Waals surface area contributed by atoms with Crippen LogP contribution in [0.1, 0.15) is 45.4 Å². The van der Waals surface area contributed by atoms with E-state index in [2.05, 4.69) is 10.9 Å². The summed E-state index contributed by atoms with van der Waals surface area (Å²) in [6.45, 7) is 2.19. The van der Waals surface area contributed by atoms with Gasteiger partial charge < -0.3 is 0 Å². The summed E-state index contributed by atoms with van der Waals surface area (Å²) in [6, 6.07) is -0.676. The molecular weight excluding hydrogens is 304 g/mol. The number of carbonyl (C=O) groups excluding carboxylic acids is 4. The number of rotatable bonds is 8. The minimum Gasteiger partial charge on any atom is -0.286 e. The molecule has 1 saturated heterocycles. The summed E-state index contributed by atoms with van der Waals surface area (Å²) in [4.78, 5) is 46.9. The van der Waals surface area contributed by atoms with Crippen molar-refractivity contribution in [1.82, 2.24) is 20.8 Å². The number of nitrogens with one attached hydrogen (secondary N) is 2. The normalized spacial score (nSPS) is 15.2. The Hall–Kier alpha value is -2.16. The third kappa shape index (κ3) is 6.23. The first-order valence-corrected chi connectivity index (χ1v) is 7.80. The van der Waals surface area contributed by atoms with Crippen LogP contribution >= 0.6 is 0 Å². The third-order valence-corrected chi connectivity index (χ3v) is 3.67. The number of carbonyl (C=O) groups is 4. The van der Waals surface area contributed by atoms with Gasteiger partial charge in [0.15, 0.2) is 0 Å². The van der Waals surface area contributed by atoms with E-state index in [0.717, 1.165) is 24.2 Å². The van der Waals surface area contributed by atoms with Crippen molar-refractivity contribution in [3.05, 3.63) is 0 Å². The Morgan fingerprint density at radius 1 is 1.39 bits per heavy atom. The van der Waals surface area contributed by atoms with E-state index in [1.807, 2.05) is 6.92 Å². The topological polar surface area (TPSA) is 119 Å². The van der Waals surface area contributed by atoms with Gasteiger partial charge in [0.2, 0.25) is 18.2 Å². The highest BCUT2D eigenvalue weighted by Crippen LogP contribution is 2.12. The van der Waals surface area contributed by atoms with Gasteiger partial charge in [-0.25, -0.2) is 15.3 Å². The standard InChI is InChI=1S/C14H24N4O5/c1-2-3-4-6-11(9-17(23)10-19)13(21)15-16-14(22)18-8-5-7-12(18)20/h10-11,23H,2-9H2,1H3,(H,15,21)(H,16,22)/t11-/m1/s1. The molecule has 1 aliphatic rings. The smallest absolute Gasteiger partial charge is 0.286 e. The fraction of sp³-hybridized carbons (Fsp3) is 0.714. The van der Waals surface area contributed by atoms with Crippen LogP contribution in [0.15, 0.2) is 0 Å². The van der Waals surface area contributed by atoms with Crippen molar-refractivity contribution in [2.45, 2.75) is 45.4 Å². The van der Waals surface area contributed by atoms with Crippen LogP contribution < -0.4 is 10.9 Å². The molecule has 1 heterocycles. The summed E-state index contributed by atoms with van der Waals surface area (Å²) in [7, 11) is 0. The van der Waals surface area contributed by atoms with E-state index in [9.17, 15) is 24.4 Å². The molecule has 0 aromatic rings. The first kappa shape index (κ1) is 18.9.